The van der Waals surface area contributed by atoms with Gasteiger partial charge in [0.1, 0.15) is 13.2 Å². The van der Waals surface area contributed by atoms with Gasteiger partial charge in [0, 0.05) is 11.1 Å². The third-order valence-electron chi connectivity index (χ3n) is 2.92. The first-order chi connectivity index (χ1) is 10.0. The summed E-state index contributed by atoms with van der Waals surface area (Å²) in [5, 5.41) is 0.480. The quantitative estimate of drug-likeness (QED) is 0.942. The molecule has 0 spiro atoms. The first-order valence-electron chi connectivity index (χ1n) is 6.23. The maximum Gasteiger partial charge on any atom is 0.261 e. The van der Waals surface area contributed by atoms with Gasteiger partial charge in [-0.15, -0.1) is 0 Å². The Kier molecular flexibility index (Phi) is 3.65. The first kappa shape index (κ1) is 14.0. The molecule has 0 radical (unpaired) electrons. The molecule has 0 saturated heterocycles. The number of rotatable bonds is 3. The third kappa shape index (κ3) is 3.06. The van der Waals surface area contributed by atoms with E-state index in [2.05, 4.69) is 4.72 Å². The molecule has 1 heterocycles. The Bertz CT molecular complexity index is 759. The number of nitrogens with one attached hydrogen (secondary N) is 1. The minimum atomic E-state index is -3.66. The molecule has 2 aromatic rings. The highest BCUT2D eigenvalue weighted by Gasteiger charge is 2.17. The molecule has 5 nitrogen and oxygen atoms in total. The Balaban J connectivity index is 1.87. The van der Waals surface area contributed by atoms with Crippen molar-refractivity contribution in [1.82, 2.24) is 0 Å². The highest BCUT2D eigenvalue weighted by molar-refractivity contribution is 7.92. The predicted molar refractivity (Wildman–Crippen MR) is 79.7 cm³/mol. The molecule has 1 N–H and O–H groups in total. The highest BCUT2D eigenvalue weighted by Crippen LogP contribution is 2.33. The van der Waals surface area contributed by atoms with Crippen LogP contribution in [0.2, 0.25) is 5.02 Å². The number of ether oxygens (including phenoxy) is 2. The summed E-state index contributed by atoms with van der Waals surface area (Å²) in [5.41, 5.74) is 0.411. The normalized spacial score (nSPS) is 13.8. The smallest absolute Gasteiger partial charge is 0.261 e. The molecular formula is C14H12ClNO4S. The van der Waals surface area contributed by atoms with Crippen molar-refractivity contribution in [2.75, 3.05) is 17.9 Å². The van der Waals surface area contributed by atoms with Crippen molar-refractivity contribution < 1.29 is 17.9 Å². The van der Waals surface area contributed by atoms with Gasteiger partial charge in [-0.25, -0.2) is 8.42 Å². The van der Waals surface area contributed by atoms with Gasteiger partial charge in [0.2, 0.25) is 0 Å². The lowest BCUT2D eigenvalue weighted by Crippen LogP contribution is -2.16. The predicted octanol–water partition coefficient (Wildman–Crippen LogP) is 2.91. The summed E-state index contributed by atoms with van der Waals surface area (Å²) in [6.45, 7) is 0.934. The molecule has 0 amide bonds. The minimum absolute atomic E-state index is 0.141. The van der Waals surface area contributed by atoms with Gasteiger partial charge in [-0.2, -0.15) is 0 Å². The summed E-state index contributed by atoms with van der Waals surface area (Å²) in [4.78, 5) is 0.141. The number of halogens is 1. The van der Waals surface area contributed by atoms with E-state index in [1.165, 1.54) is 24.3 Å². The van der Waals surface area contributed by atoms with Gasteiger partial charge in [-0.3, -0.25) is 4.72 Å². The Morgan fingerprint density at radius 1 is 0.952 bits per heavy atom. The summed E-state index contributed by atoms with van der Waals surface area (Å²) in [6.07, 6.45) is 0. The number of anilines is 1. The fraction of sp³-hybridized carbons (Fsp3) is 0.143. The third-order valence-corrected chi connectivity index (χ3v) is 4.57. The van der Waals surface area contributed by atoms with Gasteiger partial charge < -0.3 is 9.47 Å². The SMILES string of the molecule is O=S(=O)(Nc1ccc2c(c1)OCCO2)c1ccc(Cl)cc1. The fourth-order valence-electron chi connectivity index (χ4n) is 1.93. The Morgan fingerprint density at radius 2 is 1.62 bits per heavy atom. The molecular weight excluding hydrogens is 314 g/mol. The van der Waals surface area contributed by atoms with E-state index in [0.29, 0.717) is 35.4 Å². The fourth-order valence-corrected chi connectivity index (χ4v) is 3.11. The average molecular weight is 326 g/mol. The molecule has 110 valence electrons. The number of sulfonamides is 1. The van der Waals surface area contributed by atoms with Crippen molar-refractivity contribution in [2.24, 2.45) is 0 Å². The molecule has 1 aliphatic heterocycles. The zero-order valence-corrected chi connectivity index (χ0v) is 12.4. The van der Waals surface area contributed by atoms with Gasteiger partial charge >= 0.3 is 0 Å². The van der Waals surface area contributed by atoms with E-state index in [0.717, 1.165) is 0 Å². The standard InChI is InChI=1S/C14H12ClNO4S/c15-10-1-4-12(5-2-10)21(17,18)16-11-3-6-13-14(9-11)20-8-7-19-13/h1-6,9,16H,7-8H2. The monoisotopic (exact) mass is 325 g/mol. The van der Waals surface area contributed by atoms with Crippen LogP contribution >= 0.6 is 11.6 Å². The molecule has 0 atom stereocenters. The van der Waals surface area contributed by atoms with E-state index in [1.54, 1.807) is 18.2 Å². The van der Waals surface area contributed by atoms with E-state index < -0.39 is 10.0 Å². The Hall–Kier alpha value is -1.92. The second-order valence-corrected chi connectivity index (χ2v) is 6.54. The summed E-state index contributed by atoms with van der Waals surface area (Å²) in [7, 11) is -3.66. The van der Waals surface area contributed by atoms with E-state index in [9.17, 15) is 8.42 Å². The zero-order chi connectivity index (χ0) is 14.9. The van der Waals surface area contributed by atoms with Gasteiger partial charge in [0.15, 0.2) is 11.5 Å². The lowest BCUT2D eigenvalue weighted by Gasteiger charge is -2.19. The molecule has 0 aliphatic carbocycles. The lowest BCUT2D eigenvalue weighted by molar-refractivity contribution is 0.171. The lowest BCUT2D eigenvalue weighted by atomic mass is 10.3. The van der Waals surface area contributed by atoms with Crippen molar-refractivity contribution in [2.45, 2.75) is 4.90 Å². The van der Waals surface area contributed by atoms with Crippen LogP contribution in [0, 0.1) is 0 Å². The molecule has 7 heteroatoms. The second kappa shape index (κ2) is 5.46. The maximum atomic E-state index is 12.3. The second-order valence-electron chi connectivity index (χ2n) is 4.42. The number of benzene rings is 2. The van der Waals surface area contributed by atoms with E-state index in [4.69, 9.17) is 21.1 Å². The van der Waals surface area contributed by atoms with Crippen molar-refractivity contribution in [3.63, 3.8) is 0 Å². The van der Waals surface area contributed by atoms with Crippen molar-refractivity contribution in [1.29, 1.82) is 0 Å². The molecule has 0 bridgehead atoms. The van der Waals surface area contributed by atoms with Gasteiger partial charge in [0.05, 0.1) is 10.6 Å². The largest absolute Gasteiger partial charge is 0.486 e. The van der Waals surface area contributed by atoms with Gasteiger partial charge in [-0.1, -0.05) is 11.6 Å². The zero-order valence-electron chi connectivity index (χ0n) is 10.9. The van der Waals surface area contributed by atoms with E-state index in [1.807, 2.05) is 0 Å². The summed E-state index contributed by atoms with van der Waals surface area (Å²) in [6, 6.07) is 10.8. The molecule has 0 unspecified atom stereocenters. The highest BCUT2D eigenvalue weighted by atomic mass is 35.5. The van der Waals surface area contributed by atoms with Crippen LogP contribution in [-0.4, -0.2) is 21.6 Å². The van der Waals surface area contributed by atoms with Crippen LogP contribution in [0.3, 0.4) is 0 Å². The van der Waals surface area contributed by atoms with Crippen LogP contribution < -0.4 is 14.2 Å². The summed E-state index contributed by atoms with van der Waals surface area (Å²) >= 11 is 5.76. The summed E-state index contributed by atoms with van der Waals surface area (Å²) in [5.74, 6) is 1.13. The molecule has 0 aromatic heterocycles. The molecule has 21 heavy (non-hydrogen) atoms. The average Bonchev–Trinajstić information content (AvgIpc) is 2.47. The Morgan fingerprint density at radius 3 is 2.33 bits per heavy atom. The minimum Gasteiger partial charge on any atom is -0.486 e. The maximum absolute atomic E-state index is 12.3. The van der Waals surface area contributed by atoms with Crippen LogP contribution in [0.5, 0.6) is 11.5 Å². The summed E-state index contributed by atoms with van der Waals surface area (Å²) < 4.78 is 37.8. The Labute approximate surface area is 127 Å². The number of hydrogen-bond acceptors (Lipinski definition) is 4. The van der Waals surface area contributed by atoms with Crippen LogP contribution in [0.15, 0.2) is 47.4 Å². The molecule has 1 aliphatic rings. The van der Waals surface area contributed by atoms with Gasteiger partial charge in [0.25, 0.3) is 10.0 Å². The topological polar surface area (TPSA) is 64.6 Å². The number of hydrogen-bond donors (Lipinski definition) is 1. The van der Waals surface area contributed by atoms with Crippen molar-refractivity contribution >= 4 is 27.3 Å². The molecule has 3 rings (SSSR count). The van der Waals surface area contributed by atoms with Crippen LogP contribution in [0.1, 0.15) is 0 Å². The van der Waals surface area contributed by atoms with Gasteiger partial charge in [-0.05, 0) is 36.4 Å². The molecule has 0 saturated carbocycles. The molecule has 2 aromatic carbocycles. The van der Waals surface area contributed by atoms with Crippen molar-refractivity contribution in [3.05, 3.63) is 47.5 Å². The van der Waals surface area contributed by atoms with Crippen molar-refractivity contribution in [3.8, 4) is 11.5 Å². The molecule has 0 fully saturated rings. The first-order valence-corrected chi connectivity index (χ1v) is 8.09. The number of fused-ring (bicyclic) bond motifs is 1. The van der Waals surface area contributed by atoms with E-state index >= 15 is 0 Å². The van der Waals surface area contributed by atoms with Crippen LogP contribution in [-0.2, 0) is 10.0 Å². The van der Waals surface area contributed by atoms with Crippen LogP contribution in [0.25, 0.3) is 0 Å². The van der Waals surface area contributed by atoms with Crippen LogP contribution in [0.4, 0.5) is 5.69 Å². The van der Waals surface area contributed by atoms with E-state index in [-0.39, 0.29) is 4.90 Å².